The Labute approximate surface area is 98.8 Å². The van der Waals surface area contributed by atoms with Crippen LogP contribution in [0.4, 0.5) is 4.39 Å². The predicted octanol–water partition coefficient (Wildman–Crippen LogP) is 2.90. The van der Waals surface area contributed by atoms with Crippen LogP contribution in [0.15, 0.2) is 36.5 Å². The molecule has 0 aliphatic heterocycles. The van der Waals surface area contributed by atoms with E-state index in [-0.39, 0.29) is 11.6 Å². The summed E-state index contributed by atoms with van der Waals surface area (Å²) >= 11 is 0. The van der Waals surface area contributed by atoms with Gasteiger partial charge in [0.2, 0.25) is 5.88 Å². The largest absolute Gasteiger partial charge is 0.494 e. The third-order valence-electron chi connectivity index (χ3n) is 2.43. The molecule has 17 heavy (non-hydrogen) atoms. The Morgan fingerprint density at radius 3 is 2.65 bits per heavy atom. The van der Waals surface area contributed by atoms with Gasteiger partial charge in [0.05, 0.1) is 14.2 Å². The lowest BCUT2D eigenvalue weighted by molar-refractivity contribution is 0.386. The number of halogens is 1. The molecule has 0 amide bonds. The molecular weight excluding hydrogens is 221 g/mol. The number of hydrogen-bond acceptors (Lipinski definition) is 3. The summed E-state index contributed by atoms with van der Waals surface area (Å²) in [6, 6.07) is 8.30. The lowest BCUT2D eigenvalue weighted by Crippen LogP contribution is -1.92. The van der Waals surface area contributed by atoms with E-state index in [9.17, 15) is 4.39 Å². The van der Waals surface area contributed by atoms with Gasteiger partial charge in [0.15, 0.2) is 11.6 Å². The number of nitrogens with zero attached hydrogens (tertiary/aromatic N) is 1. The van der Waals surface area contributed by atoms with Crippen LogP contribution in [0.3, 0.4) is 0 Å². The molecule has 1 aromatic carbocycles. The molecule has 0 aliphatic carbocycles. The Morgan fingerprint density at radius 1 is 1.12 bits per heavy atom. The fourth-order valence-electron chi connectivity index (χ4n) is 1.60. The van der Waals surface area contributed by atoms with Crippen molar-refractivity contribution in [2.24, 2.45) is 0 Å². The zero-order valence-corrected chi connectivity index (χ0v) is 9.61. The van der Waals surface area contributed by atoms with E-state index in [1.54, 1.807) is 31.5 Å². The summed E-state index contributed by atoms with van der Waals surface area (Å²) in [4.78, 5) is 4.09. The second-order valence-corrected chi connectivity index (χ2v) is 3.41. The van der Waals surface area contributed by atoms with Crippen molar-refractivity contribution in [2.45, 2.75) is 0 Å². The molecule has 1 aromatic heterocycles. The Balaban J connectivity index is 2.53. The smallest absolute Gasteiger partial charge is 0.221 e. The van der Waals surface area contributed by atoms with Gasteiger partial charge < -0.3 is 9.47 Å². The Kier molecular flexibility index (Phi) is 3.23. The van der Waals surface area contributed by atoms with Gasteiger partial charge in [-0.15, -0.1) is 0 Å². The summed E-state index contributed by atoms with van der Waals surface area (Å²) < 4.78 is 23.4. The topological polar surface area (TPSA) is 31.4 Å². The highest BCUT2D eigenvalue weighted by Gasteiger charge is 2.09. The van der Waals surface area contributed by atoms with Crippen molar-refractivity contribution in [2.75, 3.05) is 14.2 Å². The molecule has 1 heterocycles. The normalized spacial score (nSPS) is 10.1. The second-order valence-electron chi connectivity index (χ2n) is 3.41. The molecule has 2 aromatic rings. The summed E-state index contributed by atoms with van der Waals surface area (Å²) in [5.41, 5.74) is 1.60. The van der Waals surface area contributed by atoms with Gasteiger partial charge in [0.1, 0.15) is 0 Å². The van der Waals surface area contributed by atoms with Gasteiger partial charge in [-0.2, -0.15) is 0 Å². The molecule has 0 saturated carbocycles. The molecule has 2 rings (SSSR count). The van der Waals surface area contributed by atoms with Crippen molar-refractivity contribution in [3.63, 3.8) is 0 Å². The van der Waals surface area contributed by atoms with Gasteiger partial charge in [-0.05, 0) is 29.8 Å². The van der Waals surface area contributed by atoms with Gasteiger partial charge >= 0.3 is 0 Å². The monoisotopic (exact) mass is 233 g/mol. The second kappa shape index (κ2) is 4.82. The first-order valence-electron chi connectivity index (χ1n) is 5.09. The fourth-order valence-corrected chi connectivity index (χ4v) is 1.60. The van der Waals surface area contributed by atoms with Crippen molar-refractivity contribution in [1.82, 2.24) is 4.98 Å². The van der Waals surface area contributed by atoms with Crippen molar-refractivity contribution in [3.05, 3.63) is 42.3 Å². The van der Waals surface area contributed by atoms with E-state index in [1.807, 2.05) is 6.07 Å². The van der Waals surface area contributed by atoms with E-state index in [1.165, 1.54) is 13.2 Å². The number of benzene rings is 1. The Morgan fingerprint density at radius 2 is 1.94 bits per heavy atom. The predicted molar refractivity (Wildman–Crippen MR) is 62.7 cm³/mol. The van der Waals surface area contributed by atoms with Crippen LogP contribution in [0.2, 0.25) is 0 Å². The maximum atomic E-state index is 13.3. The molecule has 0 bridgehead atoms. The summed E-state index contributed by atoms with van der Waals surface area (Å²) in [6.45, 7) is 0. The van der Waals surface area contributed by atoms with Crippen LogP contribution in [0.5, 0.6) is 11.6 Å². The highest BCUT2D eigenvalue weighted by Crippen LogP contribution is 2.31. The first-order chi connectivity index (χ1) is 8.26. The van der Waals surface area contributed by atoms with E-state index in [4.69, 9.17) is 9.47 Å². The highest BCUT2D eigenvalue weighted by atomic mass is 19.1. The van der Waals surface area contributed by atoms with Crippen LogP contribution < -0.4 is 9.47 Å². The van der Waals surface area contributed by atoms with Crippen molar-refractivity contribution in [3.8, 4) is 22.8 Å². The molecule has 0 saturated heterocycles. The van der Waals surface area contributed by atoms with E-state index in [0.717, 1.165) is 11.1 Å². The average molecular weight is 233 g/mol. The summed E-state index contributed by atoms with van der Waals surface area (Å²) in [6.07, 6.45) is 1.64. The number of aromatic nitrogens is 1. The number of pyridine rings is 1. The van der Waals surface area contributed by atoms with E-state index in [0.29, 0.717) is 5.88 Å². The summed E-state index contributed by atoms with van der Waals surface area (Å²) in [5.74, 6) is 0.314. The molecule has 0 spiro atoms. The van der Waals surface area contributed by atoms with Crippen molar-refractivity contribution >= 4 is 0 Å². The molecule has 4 heteroatoms. The van der Waals surface area contributed by atoms with Gasteiger partial charge in [-0.3, -0.25) is 0 Å². The lowest BCUT2D eigenvalue weighted by atomic mass is 10.1. The van der Waals surface area contributed by atoms with Crippen LogP contribution in [-0.4, -0.2) is 19.2 Å². The van der Waals surface area contributed by atoms with Crippen LogP contribution in [0.25, 0.3) is 11.1 Å². The van der Waals surface area contributed by atoms with Gasteiger partial charge in [-0.25, -0.2) is 9.37 Å². The molecule has 3 nitrogen and oxygen atoms in total. The highest BCUT2D eigenvalue weighted by molar-refractivity contribution is 5.69. The molecule has 88 valence electrons. The van der Waals surface area contributed by atoms with E-state index < -0.39 is 0 Å². The number of rotatable bonds is 3. The average Bonchev–Trinajstić information content (AvgIpc) is 2.39. The van der Waals surface area contributed by atoms with Gasteiger partial charge in [-0.1, -0.05) is 6.07 Å². The standard InChI is InChI=1S/C13H12FNO2/c1-16-12-8-9(5-6-11(12)14)10-4-3-7-15-13(10)17-2/h3-8H,1-2H3. The minimum Gasteiger partial charge on any atom is -0.494 e. The van der Waals surface area contributed by atoms with Gasteiger partial charge in [0, 0.05) is 11.8 Å². The number of hydrogen-bond donors (Lipinski definition) is 0. The third-order valence-corrected chi connectivity index (χ3v) is 2.43. The minimum atomic E-state index is -0.390. The van der Waals surface area contributed by atoms with Crippen LogP contribution in [-0.2, 0) is 0 Å². The zero-order valence-electron chi connectivity index (χ0n) is 9.61. The fraction of sp³-hybridized carbons (Fsp3) is 0.154. The Bertz CT molecular complexity index is 529. The Hall–Kier alpha value is -2.10. The van der Waals surface area contributed by atoms with E-state index >= 15 is 0 Å². The maximum absolute atomic E-state index is 13.3. The first kappa shape index (κ1) is 11.4. The van der Waals surface area contributed by atoms with Crippen molar-refractivity contribution < 1.29 is 13.9 Å². The maximum Gasteiger partial charge on any atom is 0.221 e. The van der Waals surface area contributed by atoms with Crippen LogP contribution >= 0.6 is 0 Å². The first-order valence-corrected chi connectivity index (χ1v) is 5.09. The van der Waals surface area contributed by atoms with Crippen LogP contribution in [0.1, 0.15) is 0 Å². The molecule has 0 radical (unpaired) electrons. The lowest BCUT2D eigenvalue weighted by Gasteiger charge is -2.08. The minimum absolute atomic E-state index is 0.202. The molecular formula is C13H12FNO2. The molecule has 0 atom stereocenters. The van der Waals surface area contributed by atoms with Crippen LogP contribution in [0, 0.1) is 5.82 Å². The molecule has 0 N–H and O–H groups in total. The molecule has 0 unspecified atom stereocenters. The summed E-state index contributed by atoms with van der Waals surface area (Å²) in [5, 5.41) is 0. The van der Waals surface area contributed by atoms with Crippen molar-refractivity contribution in [1.29, 1.82) is 0 Å². The molecule has 0 fully saturated rings. The third kappa shape index (κ3) is 2.20. The molecule has 0 aliphatic rings. The number of methoxy groups -OCH3 is 2. The summed E-state index contributed by atoms with van der Waals surface area (Å²) in [7, 11) is 2.98. The SMILES string of the molecule is COc1cc(-c2cccnc2OC)ccc1F. The number of ether oxygens (including phenoxy) is 2. The quantitative estimate of drug-likeness (QED) is 0.816. The zero-order chi connectivity index (χ0) is 12.3. The van der Waals surface area contributed by atoms with E-state index in [2.05, 4.69) is 4.98 Å². The van der Waals surface area contributed by atoms with Gasteiger partial charge in [0.25, 0.3) is 0 Å².